The van der Waals surface area contributed by atoms with E-state index < -0.39 is 5.41 Å². The van der Waals surface area contributed by atoms with Crippen LogP contribution in [0.25, 0.3) is 6.08 Å². The van der Waals surface area contributed by atoms with Crippen LogP contribution in [0.2, 0.25) is 8.67 Å². The highest BCUT2D eigenvalue weighted by atomic mass is 35.5. The normalized spacial score (nSPS) is 16.3. The highest BCUT2D eigenvalue weighted by molar-refractivity contribution is 7.20. The van der Waals surface area contributed by atoms with Gasteiger partial charge in [-0.3, -0.25) is 4.79 Å². The maximum absolute atomic E-state index is 11.3. The topological polar surface area (TPSA) is 38.3 Å². The number of ether oxygens (including phenoxy) is 1. The van der Waals surface area contributed by atoms with Crippen LogP contribution < -0.4 is 5.32 Å². The molecule has 1 fully saturated rings. The number of halogens is 2. The average molecular weight is 420 g/mol. The molecule has 148 valence electrons. The van der Waals surface area contributed by atoms with Crippen molar-refractivity contribution in [2.75, 3.05) is 13.1 Å². The molecule has 2 heterocycles. The molecule has 0 spiro atoms. The van der Waals surface area contributed by atoms with Crippen LogP contribution in [0.5, 0.6) is 0 Å². The predicted molar refractivity (Wildman–Crippen MR) is 114 cm³/mol. The minimum atomic E-state index is -0.396. The van der Waals surface area contributed by atoms with Gasteiger partial charge in [0.2, 0.25) is 0 Å². The van der Waals surface area contributed by atoms with E-state index in [1.165, 1.54) is 24.2 Å². The molecule has 1 N–H and O–H groups in total. The zero-order chi connectivity index (χ0) is 20.0. The second kappa shape index (κ2) is 10.1. The number of carbonyl (C=O) groups excluding carboxylic acids is 1. The van der Waals surface area contributed by atoms with Gasteiger partial charge >= 0.3 is 5.97 Å². The molecule has 6 heteroatoms. The van der Waals surface area contributed by atoms with E-state index in [9.17, 15) is 4.79 Å². The van der Waals surface area contributed by atoms with Crippen molar-refractivity contribution in [2.45, 2.75) is 60.0 Å². The Kier molecular flexibility index (Phi) is 9.14. The van der Waals surface area contributed by atoms with Crippen molar-refractivity contribution >= 4 is 46.6 Å². The van der Waals surface area contributed by atoms with Crippen molar-refractivity contribution in [1.82, 2.24) is 5.32 Å². The molecule has 1 aliphatic heterocycles. The second-order valence-corrected chi connectivity index (χ2v) is 10.8. The maximum Gasteiger partial charge on any atom is 0.311 e. The van der Waals surface area contributed by atoms with E-state index in [4.69, 9.17) is 27.9 Å². The van der Waals surface area contributed by atoms with Crippen LogP contribution in [-0.4, -0.2) is 24.7 Å². The monoisotopic (exact) mass is 419 g/mol. The molecule has 0 amide bonds. The molecular weight excluding hydrogens is 389 g/mol. The Morgan fingerprint density at radius 2 is 1.77 bits per heavy atom. The van der Waals surface area contributed by atoms with E-state index in [2.05, 4.69) is 17.5 Å². The fraction of sp³-hybridized carbons (Fsp3) is 0.650. The lowest BCUT2D eigenvalue weighted by atomic mass is 9.97. The molecule has 26 heavy (non-hydrogen) atoms. The summed E-state index contributed by atoms with van der Waals surface area (Å²) >= 11 is 13.3. The summed E-state index contributed by atoms with van der Waals surface area (Å²) in [5.74, 6) is 0.533. The zero-order valence-corrected chi connectivity index (χ0v) is 18.9. The number of thiophene rings is 1. The molecule has 0 unspecified atom stereocenters. The van der Waals surface area contributed by atoms with E-state index in [1.54, 1.807) is 0 Å². The fourth-order valence-electron chi connectivity index (χ4n) is 2.17. The molecule has 0 aliphatic carbocycles. The Morgan fingerprint density at radius 1 is 1.19 bits per heavy atom. The number of carbonyl (C=O) groups is 1. The first kappa shape index (κ1) is 23.5. The van der Waals surface area contributed by atoms with E-state index in [-0.39, 0.29) is 11.6 Å². The smallest absolute Gasteiger partial charge is 0.311 e. The van der Waals surface area contributed by atoms with Crippen molar-refractivity contribution < 1.29 is 9.53 Å². The molecule has 1 aromatic heterocycles. The van der Waals surface area contributed by atoms with Gasteiger partial charge in [-0.2, -0.15) is 0 Å². The lowest BCUT2D eigenvalue weighted by Crippen LogP contribution is -2.31. The Labute approximate surface area is 172 Å². The van der Waals surface area contributed by atoms with Gasteiger partial charge in [-0.1, -0.05) is 35.4 Å². The molecule has 0 radical (unpaired) electrons. The van der Waals surface area contributed by atoms with Crippen LogP contribution in [0.3, 0.4) is 0 Å². The van der Waals surface area contributed by atoms with Crippen LogP contribution >= 0.6 is 34.5 Å². The van der Waals surface area contributed by atoms with Gasteiger partial charge in [-0.15, -0.1) is 11.3 Å². The van der Waals surface area contributed by atoms with Crippen molar-refractivity contribution in [3.05, 3.63) is 26.4 Å². The molecule has 1 saturated heterocycles. The third-order valence-corrected chi connectivity index (χ3v) is 5.14. The second-order valence-electron chi connectivity index (χ2n) is 8.48. The molecule has 2 rings (SSSR count). The summed E-state index contributed by atoms with van der Waals surface area (Å²) in [6, 6.07) is 1.92. The van der Waals surface area contributed by atoms with Gasteiger partial charge in [-0.25, -0.2) is 0 Å². The van der Waals surface area contributed by atoms with Gasteiger partial charge in [0.1, 0.15) is 9.94 Å². The van der Waals surface area contributed by atoms with Gasteiger partial charge in [0.05, 0.1) is 9.75 Å². The number of esters is 1. The number of rotatable bonds is 2. The Bertz CT molecular complexity index is 606. The first-order valence-electron chi connectivity index (χ1n) is 8.95. The van der Waals surface area contributed by atoms with Crippen molar-refractivity contribution in [3.63, 3.8) is 0 Å². The van der Waals surface area contributed by atoms with Crippen LogP contribution in [0.15, 0.2) is 12.1 Å². The SMILES string of the molecule is CC(C)(C)OC(=O)C(C)(C)C.Clc1cc(C=CC2CCNCC2)c(Cl)s1. The number of piperidine rings is 1. The lowest BCUT2D eigenvalue weighted by Gasteiger charge is -2.25. The number of hydrogen-bond donors (Lipinski definition) is 1. The molecule has 1 aromatic rings. The lowest BCUT2D eigenvalue weighted by molar-refractivity contribution is -0.164. The predicted octanol–water partition coefficient (Wildman–Crippen LogP) is 6.44. The Balaban J connectivity index is 0.000000276. The standard InChI is InChI=1S/C11H13Cl2NS.C9H18O2/c12-10-7-9(11(13)15-10)2-1-8-3-5-14-6-4-8;1-8(2,3)7(10)11-9(4,5)6/h1-2,7-8,14H,3-6H2;1-6H3. The number of nitrogens with one attached hydrogen (secondary N) is 1. The van der Waals surface area contributed by atoms with Gasteiger partial charge < -0.3 is 10.1 Å². The molecule has 0 aromatic carbocycles. The van der Waals surface area contributed by atoms with Gasteiger partial charge in [0.15, 0.2) is 0 Å². The van der Waals surface area contributed by atoms with Crippen LogP contribution in [0.1, 0.15) is 59.9 Å². The quantitative estimate of drug-likeness (QED) is 0.560. The summed E-state index contributed by atoms with van der Waals surface area (Å²) in [4.78, 5) is 11.3. The van der Waals surface area contributed by atoms with Gasteiger partial charge in [0, 0.05) is 5.56 Å². The Hall–Kier alpha value is -0.550. The summed E-state index contributed by atoms with van der Waals surface area (Å²) in [6.07, 6.45) is 6.78. The molecule has 0 bridgehead atoms. The summed E-state index contributed by atoms with van der Waals surface area (Å²) < 4.78 is 6.70. The van der Waals surface area contributed by atoms with Gasteiger partial charge in [-0.05, 0) is 79.5 Å². The van der Waals surface area contributed by atoms with Crippen LogP contribution in [0, 0.1) is 11.3 Å². The molecular formula is C20H31Cl2NO2S. The first-order valence-corrected chi connectivity index (χ1v) is 10.5. The maximum atomic E-state index is 11.3. The third kappa shape index (κ3) is 9.40. The van der Waals surface area contributed by atoms with Crippen LogP contribution in [-0.2, 0) is 9.53 Å². The summed E-state index contributed by atoms with van der Waals surface area (Å²) in [6.45, 7) is 13.4. The number of allylic oxidation sites excluding steroid dienone is 1. The van der Waals surface area contributed by atoms with Crippen molar-refractivity contribution in [2.24, 2.45) is 11.3 Å². The minimum Gasteiger partial charge on any atom is -0.460 e. The molecule has 0 saturated carbocycles. The first-order chi connectivity index (χ1) is 11.9. The fourth-order valence-corrected chi connectivity index (χ4v) is 3.61. The van der Waals surface area contributed by atoms with Crippen LogP contribution in [0.4, 0.5) is 0 Å². The summed E-state index contributed by atoms with van der Waals surface area (Å²) in [7, 11) is 0. The van der Waals surface area contributed by atoms with Gasteiger partial charge in [0.25, 0.3) is 0 Å². The third-order valence-electron chi connectivity index (χ3n) is 3.63. The minimum absolute atomic E-state index is 0.148. The molecule has 0 atom stereocenters. The van der Waals surface area contributed by atoms with Crippen molar-refractivity contribution in [3.8, 4) is 0 Å². The highest BCUT2D eigenvalue weighted by Crippen LogP contribution is 2.32. The van der Waals surface area contributed by atoms with E-state index >= 15 is 0 Å². The number of hydrogen-bond acceptors (Lipinski definition) is 4. The van der Waals surface area contributed by atoms with E-state index in [0.29, 0.717) is 5.92 Å². The summed E-state index contributed by atoms with van der Waals surface area (Å²) in [5.41, 5.74) is 0.280. The van der Waals surface area contributed by atoms with E-state index in [1.807, 2.05) is 47.6 Å². The Morgan fingerprint density at radius 3 is 2.15 bits per heavy atom. The average Bonchev–Trinajstić information content (AvgIpc) is 2.82. The van der Waals surface area contributed by atoms with E-state index in [0.717, 1.165) is 27.3 Å². The molecule has 3 nitrogen and oxygen atoms in total. The molecule has 1 aliphatic rings. The summed E-state index contributed by atoms with van der Waals surface area (Å²) in [5, 5.41) is 3.35. The highest BCUT2D eigenvalue weighted by Gasteiger charge is 2.27. The zero-order valence-electron chi connectivity index (χ0n) is 16.6. The van der Waals surface area contributed by atoms with Crippen molar-refractivity contribution in [1.29, 1.82) is 0 Å². The largest absolute Gasteiger partial charge is 0.460 e.